The van der Waals surface area contributed by atoms with E-state index in [0.717, 1.165) is 5.56 Å². The zero-order chi connectivity index (χ0) is 12.7. The van der Waals surface area contributed by atoms with Crippen molar-refractivity contribution in [2.24, 2.45) is 4.76 Å². The number of nitrogens with zero attached hydrogens (tertiary/aromatic N) is 1. The molecule has 0 spiro atoms. The van der Waals surface area contributed by atoms with Gasteiger partial charge in [-0.2, -0.15) is 0 Å². The van der Waals surface area contributed by atoms with Gasteiger partial charge in [-0.25, -0.2) is 4.76 Å². The van der Waals surface area contributed by atoms with Crippen LogP contribution in [0.3, 0.4) is 0 Å². The molecule has 0 atom stereocenters. The minimum absolute atomic E-state index is 0.516. The lowest BCUT2D eigenvalue weighted by molar-refractivity contribution is 0.268. The molecule has 5 heteroatoms. The molecule has 0 aliphatic carbocycles. The molecule has 0 bridgehead atoms. The van der Waals surface area contributed by atoms with E-state index in [9.17, 15) is 0 Å². The zero-order valence-corrected chi connectivity index (χ0v) is 12.1. The van der Waals surface area contributed by atoms with Gasteiger partial charge in [0.1, 0.15) is 0 Å². The van der Waals surface area contributed by atoms with Crippen LogP contribution in [0, 0.1) is 6.92 Å². The van der Waals surface area contributed by atoms with Crippen LogP contribution < -0.4 is 0 Å². The maximum atomic E-state index is 5.42. The molecule has 0 heterocycles. The van der Waals surface area contributed by atoms with Crippen LogP contribution in [0.15, 0.2) is 29.0 Å². The summed E-state index contributed by atoms with van der Waals surface area (Å²) in [7, 11) is 0. The first-order valence-corrected chi connectivity index (χ1v) is 8.20. The van der Waals surface area contributed by atoms with E-state index in [1.54, 1.807) is 6.21 Å². The maximum absolute atomic E-state index is 5.42. The molecule has 0 fully saturated rings. The monoisotopic (exact) mass is 271 g/mol. The third-order valence-electron chi connectivity index (χ3n) is 2.01. The topological polar surface area (TPSA) is 30.8 Å². The molecular weight excluding hydrogens is 253 g/mol. The van der Waals surface area contributed by atoms with Gasteiger partial charge in [-0.15, -0.1) is 0 Å². The Labute approximate surface area is 108 Å². The van der Waals surface area contributed by atoms with E-state index in [1.807, 2.05) is 45.0 Å². The summed E-state index contributed by atoms with van der Waals surface area (Å²) in [6, 6.07) is 8.06. The van der Waals surface area contributed by atoms with Gasteiger partial charge in [-0.1, -0.05) is 29.8 Å². The lowest BCUT2D eigenvalue weighted by atomic mass is 10.2. The molecule has 17 heavy (non-hydrogen) atoms. The number of hydrogen-bond donors (Lipinski definition) is 0. The third kappa shape index (κ3) is 5.09. The fourth-order valence-corrected chi connectivity index (χ4v) is 3.13. The SMILES string of the molecule is CCOP(=S)(/N=C/c1ccc(C)cc1)OCC. The van der Waals surface area contributed by atoms with Gasteiger partial charge in [0.05, 0.1) is 13.2 Å². The first-order chi connectivity index (χ1) is 8.09. The smallest absolute Gasteiger partial charge is 0.308 e. The lowest BCUT2D eigenvalue weighted by Crippen LogP contribution is -1.93. The van der Waals surface area contributed by atoms with Crippen molar-refractivity contribution in [3.63, 3.8) is 0 Å². The summed E-state index contributed by atoms with van der Waals surface area (Å²) in [5.74, 6) is 0. The van der Waals surface area contributed by atoms with E-state index < -0.39 is 6.64 Å². The zero-order valence-electron chi connectivity index (χ0n) is 10.4. The molecule has 0 aromatic heterocycles. The molecule has 0 N–H and O–H groups in total. The molecule has 94 valence electrons. The quantitative estimate of drug-likeness (QED) is 0.583. The maximum Gasteiger partial charge on any atom is 0.308 e. The van der Waals surface area contributed by atoms with Crippen LogP contribution >= 0.6 is 6.64 Å². The van der Waals surface area contributed by atoms with Crippen molar-refractivity contribution in [3.05, 3.63) is 35.4 Å². The highest BCUT2D eigenvalue weighted by Gasteiger charge is 2.14. The molecule has 0 amide bonds. The molecule has 1 aromatic rings. The summed E-state index contributed by atoms with van der Waals surface area (Å²) >= 11 is 5.29. The van der Waals surface area contributed by atoms with Gasteiger partial charge in [-0.05, 0) is 38.1 Å². The van der Waals surface area contributed by atoms with Gasteiger partial charge < -0.3 is 9.05 Å². The third-order valence-corrected chi connectivity index (χ3v) is 4.49. The Bertz CT molecular complexity index is 407. The Morgan fingerprint density at radius 2 is 1.71 bits per heavy atom. The van der Waals surface area contributed by atoms with Crippen LogP contribution in [0.2, 0.25) is 0 Å². The average Bonchev–Trinajstić information content (AvgIpc) is 2.29. The Hall–Kier alpha value is -0.540. The normalized spacial score (nSPS) is 12.2. The van der Waals surface area contributed by atoms with Crippen molar-refractivity contribution < 1.29 is 9.05 Å². The van der Waals surface area contributed by atoms with E-state index in [-0.39, 0.29) is 0 Å². The predicted octanol–water partition coefficient (Wildman–Crippen LogP) is 3.71. The number of aryl methyl sites for hydroxylation is 1. The minimum atomic E-state index is -2.49. The summed E-state index contributed by atoms with van der Waals surface area (Å²) in [5, 5.41) is 0. The van der Waals surface area contributed by atoms with Crippen molar-refractivity contribution in [3.8, 4) is 0 Å². The highest BCUT2D eigenvalue weighted by molar-refractivity contribution is 8.09. The first-order valence-electron chi connectivity index (χ1n) is 5.61. The first kappa shape index (κ1) is 14.5. The van der Waals surface area contributed by atoms with E-state index >= 15 is 0 Å². The molecule has 3 nitrogen and oxygen atoms in total. The van der Waals surface area contributed by atoms with Gasteiger partial charge in [0.25, 0.3) is 0 Å². The summed E-state index contributed by atoms with van der Waals surface area (Å²) in [6.45, 7) is 4.37. The second kappa shape index (κ2) is 7.02. The fourth-order valence-electron chi connectivity index (χ4n) is 1.22. The molecule has 1 rings (SSSR count). The Balaban J connectivity index is 2.79. The Kier molecular flexibility index (Phi) is 6.00. The average molecular weight is 271 g/mol. The van der Waals surface area contributed by atoms with Gasteiger partial charge in [-0.3, -0.25) is 0 Å². The van der Waals surface area contributed by atoms with Crippen molar-refractivity contribution in [2.45, 2.75) is 20.8 Å². The second-order valence-corrected chi connectivity index (χ2v) is 6.53. The molecule has 0 aliphatic heterocycles. The lowest BCUT2D eigenvalue weighted by Gasteiger charge is -2.15. The van der Waals surface area contributed by atoms with Crippen molar-refractivity contribution in [1.29, 1.82) is 0 Å². The Morgan fingerprint density at radius 1 is 1.18 bits per heavy atom. The summed E-state index contributed by atoms with van der Waals surface area (Å²) in [6.07, 6.45) is 1.73. The molecule has 0 unspecified atom stereocenters. The van der Waals surface area contributed by atoms with Crippen molar-refractivity contribution in [1.82, 2.24) is 0 Å². The number of benzene rings is 1. The molecular formula is C12H18NO2PS. The van der Waals surface area contributed by atoms with Gasteiger partial charge >= 0.3 is 6.64 Å². The molecule has 0 radical (unpaired) electrons. The minimum Gasteiger partial charge on any atom is -0.313 e. The second-order valence-electron chi connectivity index (χ2n) is 3.46. The van der Waals surface area contributed by atoms with Crippen LogP contribution in [0.1, 0.15) is 25.0 Å². The van der Waals surface area contributed by atoms with Crippen LogP contribution in [-0.4, -0.2) is 19.4 Å². The van der Waals surface area contributed by atoms with E-state index in [2.05, 4.69) is 4.76 Å². The van der Waals surface area contributed by atoms with Crippen LogP contribution in [0.4, 0.5) is 0 Å². The van der Waals surface area contributed by atoms with E-state index in [4.69, 9.17) is 20.9 Å². The number of hydrogen-bond acceptors (Lipinski definition) is 3. The van der Waals surface area contributed by atoms with Crippen LogP contribution in [0.5, 0.6) is 0 Å². The van der Waals surface area contributed by atoms with Crippen molar-refractivity contribution >= 4 is 24.7 Å². The predicted molar refractivity (Wildman–Crippen MR) is 76.3 cm³/mol. The van der Waals surface area contributed by atoms with E-state index in [0.29, 0.717) is 13.2 Å². The van der Waals surface area contributed by atoms with Crippen LogP contribution in [-0.2, 0) is 20.9 Å². The van der Waals surface area contributed by atoms with Gasteiger partial charge in [0, 0.05) is 6.21 Å². The summed E-state index contributed by atoms with van der Waals surface area (Å²) in [4.78, 5) is 0. The standard InChI is InChI=1S/C12H18NO2PS/c1-4-14-16(17,15-5-2)13-10-12-8-6-11(3)7-9-12/h6-10H,4-5H2,1-3H3/b13-10+. The molecule has 0 saturated carbocycles. The number of rotatable bonds is 6. The highest BCUT2D eigenvalue weighted by Crippen LogP contribution is 2.49. The summed E-state index contributed by atoms with van der Waals surface area (Å²) < 4.78 is 15.1. The molecule has 1 aromatic carbocycles. The fraction of sp³-hybridized carbons (Fsp3) is 0.417. The highest BCUT2D eigenvalue weighted by atomic mass is 32.5. The molecule has 0 aliphatic rings. The Morgan fingerprint density at radius 3 is 2.18 bits per heavy atom. The van der Waals surface area contributed by atoms with E-state index in [1.165, 1.54) is 5.56 Å². The van der Waals surface area contributed by atoms with Gasteiger partial charge in [0.2, 0.25) is 0 Å². The largest absolute Gasteiger partial charge is 0.313 e. The van der Waals surface area contributed by atoms with Gasteiger partial charge in [0.15, 0.2) is 0 Å². The molecule has 0 saturated heterocycles. The van der Waals surface area contributed by atoms with Crippen molar-refractivity contribution in [2.75, 3.05) is 13.2 Å². The van der Waals surface area contributed by atoms with Crippen LogP contribution in [0.25, 0.3) is 0 Å². The summed E-state index contributed by atoms with van der Waals surface area (Å²) in [5.41, 5.74) is 2.22.